The minimum absolute atomic E-state index is 0.243. The Labute approximate surface area is 140 Å². The maximum absolute atomic E-state index is 12.7. The third kappa shape index (κ3) is 3.32. The van der Waals surface area contributed by atoms with Gasteiger partial charge in [-0.3, -0.25) is 14.9 Å². The monoisotopic (exact) mass is 328 g/mol. The van der Waals surface area contributed by atoms with Crippen LogP contribution >= 0.6 is 0 Å². The number of esters is 1. The number of ether oxygens (including phenoxy) is 1. The van der Waals surface area contributed by atoms with Crippen LogP contribution in [0, 0.1) is 6.92 Å². The fourth-order valence-electron chi connectivity index (χ4n) is 3.21. The summed E-state index contributed by atoms with van der Waals surface area (Å²) in [5, 5.41) is 6.20. The summed E-state index contributed by atoms with van der Waals surface area (Å²) < 4.78 is 10.2. The van der Waals surface area contributed by atoms with Crippen molar-refractivity contribution in [3.8, 4) is 0 Å². The fraction of sp³-hybridized carbons (Fsp3) is 0.389. The van der Waals surface area contributed by atoms with Crippen LogP contribution in [0.1, 0.15) is 36.9 Å². The molecule has 1 fully saturated rings. The Kier molecular flexibility index (Phi) is 4.64. The zero-order valence-corrected chi connectivity index (χ0v) is 13.6. The van der Waals surface area contributed by atoms with Crippen LogP contribution in [-0.2, 0) is 19.7 Å². The van der Waals surface area contributed by atoms with Gasteiger partial charge >= 0.3 is 5.97 Å². The minimum Gasteiger partial charge on any atom is -0.455 e. The molecule has 1 N–H and O–H groups in total. The molecule has 1 aromatic carbocycles. The number of benzene rings is 1. The zero-order valence-electron chi connectivity index (χ0n) is 13.6. The number of carbonyl (C=O) groups excluding carboxylic acids is 2. The Morgan fingerprint density at radius 3 is 2.58 bits per heavy atom. The van der Waals surface area contributed by atoms with Crippen LogP contribution in [0.5, 0.6) is 0 Å². The van der Waals surface area contributed by atoms with Crippen molar-refractivity contribution in [2.75, 3.05) is 11.9 Å². The lowest BCUT2D eigenvalue weighted by Crippen LogP contribution is -2.36. The van der Waals surface area contributed by atoms with E-state index >= 15 is 0 Å². The third-order valence-corrected chi connectivity index (χ3v) is 4.40. The summed E-state index contributed by atoms with van der Waals surface area (Å²) in [6, 6.07) is 11.3. The summed E-state index contributed by atoms with van der Waals surface area (Å²) in [6.45, 7) is 1.41. The first-order chi connectivity index (χ1) is 11.6. The molecule has 1 aliphatic carbocycles. The molecule has 24 heavy (non-hydrogen) atoms. The average molecular weight is 328 g/mol. The molecule has 1 aliphatic rings. The van der Waals surface area contributed by atoms with Gasteiger partial charge in [-0.2, -0.15) is 0 Å². The lowest BCUT2D eigenvalue weighted by Gasteiger charge is -2.27. The molecule has 3 rings (SSSR count). The molecule has 0 unspecified atom stereocenters. The van der Waals surface area contributed by atoms with E-state index in [0.29, 0.717) is 5.69 Å². The maximum Gasteiger partial charge on any atom is 0.317 e. The number of hydrogen-bond donors (Lipinski definition) is 1. The first-order valence-electron chi connectivity index (χ1n) is 8.06. The standard InChI is InChI=1S/C18H20N2O4/c1-13-11-16(24-20-13)19-15(21)12-23-17(22)18(9-5-6-10-18)14-7-3-2-4-8-14/h2-4,7-8,11H,5-6,9-10,12H2,1H3,(H,19,21). The van der Waals surface area contributed by atoms with Gasteiger partial charge in [0.1, 0.15) is 0 Å². The predicted octanol–water partition coefficient (Wildman–Crippen LogP) is 2.98. The van der Waals surface area contributed by atoms with Gasteiger partial charge < -0.3 is 9.26 Å². The van der Waals surface area contributed by atoms with Gasteiger partial charge in [-0.1, -0.05) is 48.3 Å². The maximum atomic E-state index is 12.7. The molecule has 0 radical (unpaired) electrons. The second kappa shape index (κ2) is 6.86. The van der Waals surface area contributed by atoms with E-state index in [1.165, 1.54) is 0 Å². The minimum atomic E-state index is -0.635. The zero-order chi connectivity index (χ0) is 17.0. The van der Waals surface area contributed by atoms with E-state index in [0.717, 1.165) is 31.2 Å². The van der Waals surface area contributed by atoms with Crippen LogP contribution in [0.15, 0.2) is 40.9 Å². The van der Waals surface area contributed by atoms with Crippen LogP contribution in [0.25, 0.3) is 0 Å². The average Bonchev–Trinajstić information content (AvgIpc) is 3.23. The highest BCUT2D eigenvalue weighted by Crippen LogP contribution is 2.42. The number of rotatable bonds is 5. The van der Waals surface area contributed by atoms with Crippen LogP contribution in [0.4, 0.5) is 5.88 Å². The van der Waals surface area contributed by atoms with Gasteiger partial charge in [-0.05, 0) is 25.3 Å². The number of nitrogens with one attached hydrogen (secondary N) is 1. The van der Waals surface area contributed by atoms with E-state index in [1.54, 1.807) is 13.0 Å². The molecule has 0 aliphatic heterocycles. The largest absolute Gasteiger partial charge is 0.455 e. The van der Waals surface area contributed by atoms with Crippen molar-refractivity contribution in [1.82, 2.24) is 5.16 Å². The molecule has 6 heteroatoms. The smallest absolute Gasteiger partial charge is 0.317 e. The molecule has 0 atom stereocenters. The van der Waals surface area contributed by atoms with Crippen molar-refractivity contribution in [3.63, 3.8) is 0 Å². The topological polar surface area (TPSA) is 81.4 Å². The lowest BCUT2D eigenvalue weighted by molar-refractivity contribution is -0.153. The lowest BCUT2D eigenvalue weighted by atomic mass is 9.79. The Morgan fingerprint density at radius 2 is 1.96 bits per heavy atom. The van der Waals surface area contributed by atoms with Crippen molar-refractivity contribution in [1.29, 1.82) is 0 Å². The van der Waals surface area contributed by atoms with Crippen LogP contribution < -0.4 is 5.32 Å². The first kappa shape index (κ1) is 16.2. The van der Waals surface area contributed by atoms with Crippen molar-refractivity contribution < 1.29 is 18.8 Å². The molecule has 2 aromatic rings. The van der Waals surface area contributed by atoms with Crippen molar-refractivity contribution in [2.24, 2.45) is 0 Å². The van der Waals surface area contributed by atoms with Crippen LogP contribution in [-0.4, -0.2) is 23.6 Å². The van der Waals surface area contributed by atoms with E-state index in [4.69, 9.17) is 9.26 Å². The van der Waals surface area contributed by atoms with Gasteiger partial charge in [-0.15, -0.1) is 0 Å². The van der Waals surface area contributed by atoms with Crippen molar-refractivity contribution in [2.45, 2.75) is 38.0 Å². The number of amides is 1. The van der Waals surface area contributed by atoms with E-state index in [2.05, 4.69) is 10.5 Å². The summed E-state index contributed by atoms with van der Waals surface area (Å²) >= 11 is 0. The summed E-state index contributed by atoms with van der Waals surface area (Å²) in [5.41, 5.74) is 0.986. The van der Waals surface area contributed by atoms with Gasteiger partial charge in [0.05, 0.1) is 11.1 Å². The quantitative estimate of drug-likeness (QED) is 0.853. The number of aryl methyl sites for hydroxylation is 1. The highest BCUT2D eigenvalue weighted by atomic mass is 16.5. The van der Waals surface area contributed by atoms with E-state index in [-0.39, 0.29) is 18.5 Å². The molecule has 0 saturated heterocycles. The van der Waals surface area contributed by atoms with Crippen LogP contribution in [0.3, 0.4) is 0 Å². The normalized spacial score (nSPS) is 15.9. The number of aromatic nitrogens is 1. The predicted molar refractivity (Wildman–Crippen MR) is 87.4 cm³/mol. The summed E-state index contributed by atoms with van der Waals surface area (Å²) in [4.78, 5) is 24.6. The van der Waals surface area contributed by atoms with Gasteiger partial charge in [-0.25, -0.2) is 0 Å². The third-order valence-electron chi connectivity index (χ3n) is 4.40. The molecular formula is C18H20N2O4. The van der Waals surface area contributed by atoms with Gasteiger partial charge in [0, 0.05) is 6.07 Å². The summed E-state index contributed by atoms with van der Waals surface area (Å²) in [6.07, 6.45) is 3.46. The fourth-order valence-corrected chi connectivity index (χ4v) is 3.21. The first-order valence-corrected chi connectivity index (χ1v) is 8.06. The molecule has 0 spiro atoms. The molecule has 6 nitrogen and oxygen atoms in total. The molecule has 1 amide bonds. The Hall–Kier alpha value is -2.63. The Morgan fingerprint density at radius 1 is 1.25 bits per heavy atom. The number of anilines is 1. The second-order valence-corrected chi connectivity index (χ2v) is 6.11. The van der Waals surface area contributed by atoms with E-state index in [1.807, 2.05) is 30.3 Å². The Balaban J connectivity index is 1.63. The number of hydrogen-bond acceptors (Lipinski definition) is 5. The highest BCUT2D eigenvalue weighted by Gasteiger charge is 2.44. The van der Waals surface area contributed by atoms with E-state index < -0.39 is 11.3 Å². The molecule has 1 aromatic heterocycles. The Bertz CT molecular complexity index is 718. The van der Waals surface area contributed by atoms with Crippen molar-refractivity contribution in [3.05, 3.63) is 47.7 Å². The SMILES string of the molecule is Cc1cc(NC(=O)COC(=O)C2(c3ccccc3)CCCC2)on1. The molecule has 1 saturated carbocycles. The highest BCUT2D eigenvalue weighted by molar-refractivity contribution is 5.93. The molecule has 0 bridgehead atoms. The van der Waals surface area contributed by atoms with Crippen molar-refractivity contribution >= 4 is 17.8 Å². The van der Waals surface area contributed by atoms with Gasteiger partial charge in [0.15, 0.2) is 6.61 Å². The molecule has 1 heterocycles. The number of nitrogens with zero attached hydrogens (tertiary/aromatic N) is 1. The summed E-state index contributed by atoms with van der Waals surface area (Å²) in [5.74, 6) is -0.539. The van der Waals surface area contributed by atoms with Gasteiger partial charge in [0.25, 0.3) is 5.91 Å². The van der Waals surface area contributed by atoms with Gasteiger partial charge in [0.2, 0.25) is 5.88 Å². The molecule has 126 valence electrons. The number of carbonyl (C=O) groups is 2. The van der Waals surface area contributed by atoms with Crippen LogP contribution in [0.2, 0.25) is 0 Å². The second-order valence-electron chi connectivity index (χ2n) is 6.11. The van der Waals surface area contributed by atoms with E-state index in [9.17, 15) is 9.59 Å². The summed E-state index contributed by atoms with van der Waals surface area (Å²) in [7, 11) is 0. The molecular weight excluding hydrogens is 308 g/mol.